The average Bonchev–Trinajstić information content (AvgIpc) is 2.55. The number of amides is 1. The first kappa shape index (κ1) is 17.5. The molecule has 0 spiro atoms. The molecule has 0 aliphatic heterocycles. The van der Waals surface area contributed by atoms with Crippen molar-refractivity contribution < 1.29 is 23.8 Å². The van der Waals surface area contributed by atoms with Crippen molar-refractivity contribution in [3.8, 4) is 5.75 Å². The summed E-state index contributed by atoms with van der Waals surface area (Å²) in [6.07, 6.45) is -0.165. The highest BCUT2D eigenvalue weighted by Crippen LogP contribution is 2.18. The number of halogens is 1. The van der Waals surface area contributed by atoms with Gasteiger partial charge in [-0.25, -0.2) is 4.39 Å². The molecular weight excluding hydrogens is 313 g/mol. The number of ether oxygens (including phenoxy) is 1. The second kappa shape index (κ2) is 8.10. The fourth-order valence-corrected chi connectivity index (χ4v) is 2.30. The lowest BCUT2D eigenvalue weighted by Crippen LogP contribution is -2.31. The van der Waals surface area contributed by atoms with Crippen molar-refractivity contribution in [1.29, 1.82) is 0 Å². The molecule has 1 amide bonds. The number of methoxy groups -OCH3 is 1. The van der Waals surface area contributed by atoms with E-state index in [1.165, 1.54) is 24.3 Å². The Labute approximate surface area is 139 Å². The highest BCUT2D eigenvalue weighted by Gasteiger charge is 2.18. The fraction of sp³-hybridized carbons (Fsp3) is 0.222. The number of carbonyl (C=O) groups is 2. The predicted octanol–water partition coefficient (Wildman–Crippen LogP) is 2.71. The molecule has 0 aliphatic rings. The molecule has 0 saturated carbocycles. The smallest absolute Gasteiger partial charge is 0.305 e. The summed E-state index contributed by atoms with van der Waals surface area (Å²) in [7, 11) is 1.56. The van der Waals surface area contributed by atoms with E-state index in [0.717, 1.165) is 5.56 Å². The van der Waals surface area contributed by atoms with Gasteiger partial charge in [0.1, 0.15) is 11.6 Å². The van der Waals surface area contributed by atoms with Crippen molar-refractivity contribution in [2.24, 2.45) is 0 Å². The minimum Gasteiger partial charge on any atom is -0.497 e. The van der Waals surface area contributed by atoms with Crippen molar-refractivity contribution in [2.75, 3.05) is 7.11 Å². The van der Waals surface area contributed by atoms with Gasteiger partial charge in [0.2, 0.25) is 5.91 Å². The zero-order chi connectivity index (χ0) is 17.5. The Morgan fingerprint density at radius 2 is 1.75 bits per heavy atom. The summed E-state index contributed by atoms with van der Waals surface area (Å²) in [6, 6.07) is 11.7. The lowest BCUT2D eigenvalue weighted by molar-refractivity contribution is -0.137. The van der Waals surface area contributed by atoms with Gasteiger partial charge in [-0.2, -0.15) is 0 Å². The first-order valence-corrected chi connectivity index (χ1v) is 7.37. The molecule has 5 nitrogen and oxygen atoms in total. The van der Waals surface area contributed by atoms with Gasteiger partial charge in [0.15, 0.2) is 0 Å². The van der Waals surface area contributed by atoms with Crippen LogP contribution in [0.15, 0.2) is 48.5 Å². The van der Waals surface area contributed by atoms with Crippen molar-refractivity contribution in [3.05, 3.63) is 65.5 Å². The van der Waals surface area contributed by atoms with E-state index in [4.69, 9.17) is 9.84 Å². The maximum atomic E-state index is 13.0. The number of nitrogens with one attached hydrogen (secondary N) is 1. The molecule has 2 rings (SSSR count). The summed E-state index contributed by atoms with van der Waals surface area (Å²) in [5.74, 6) is -1.09. The van der Waals surface area contributed by atoms with Crippen LogP contribution in [0, 0.1) is 5.82 Å². The van der Waals surface area contributed by atoms with E-state index in [-0.39, 0.29) is 18.7 Å². The number of aliphatic carboxylic acids is 1. The van der Waals surface area contributed by atoms with E-state index in [1.807, 2.05) is 0 Å². The highest BCUT2D eigenvalue weighted by atomic mass is 19.1. The van der Waals surface area contributed by atoms with Crippen LogP contribution in [0.4, 0.5) is 4.39 Å². The highest BCUT2D eigenvalue weighted by molar-refractivity contribution is 5.80. The molecular formula is C18H18FNO4. The van der Waals surface area contributed by atoms with Gasteiger partial charge in [0, 0.05) is 0 Å². The molecule has 24 heavy (non-hydrogen) atoms. The van der Waals surface area contributed by atoms with Crippen molar-refractivity contribution in [3.63, 3.8) is 0 Å². The quantitative estimate of drug-likeness (QED) is 0.818. The summed E-state index contributed by atoms with van der Waals surface area (Å²) in [5, 5.41) is 11.7. The summed E-state index contributed by atoms with van der Waals surface area (Å²) < 4.78 is 18.1. The number of benzene rings is 2. The van der Waals surface area contributed by atoms with E-state index in [9.17, 15) is 14.0 Å². The number of carboxylic acid groups (broad SMARTS) is 1. The second-order valence-corrected chi connectivity index (χ2v) is 5.29. The first-order valence-electron chi connectivity index (χ1n) is 7.37. The van der Waals surface area contributed by atoms with Crippen LogP contribution in [-0.4, -0.2) is 24.1 Å². The number of hydrogen-bond donors (Lipinski definition) is 2. The van der Waals surface area contributed by atoms with Crippen LogP contribution in [0.5, 0.6) is 5.75 Å². The van der Waals surface area contributed by atoms with E-state index in [0.29, 0.717) is 11.3 Å². The molecule has 6 heteroatoms. The fourth-order valence-electron chi connectivity index (χ4n) is 2.30. The maximum absolute atomic E-state index is 13.0. The monoisotopic (exact) mass is 331 g/mol. The third kappa shape index (κ3) is 5.08. The number of rotatable bonds is 7. The van der Waals surface area contributed by atoms with Gasteiger partial charge in [0.05, 0.1) is 26.0 Å². The Hall–Kier alpha value is -2.89. The molecule has 1 atom stereocenters. The summed E-state index contributed by atoms with van der Waals surface area (Å²) >= 11 is 0. The third-order valence-corrected chi connectivity index (χ3v) is 3.51. The maximum Gasteiger partial charge on any atom is 0.305 e. The number of carboxylic acids is 1. The molecule has 126 valence electrons. The standard InChI is InChI=1S/C18H18FNO4/c1-24-15-8-2-12(3-9-15)10-17(21)20-16(11-18(22)23)13-4-6-14(19)7-5-13/h2-9,16H,10-11H2,1H3,(H,20,21)(H,22,23). The van der Waals surface area contributed by atoms with Crippen molar-refractivity contribution in [1.82, 2.24) is 5.32 Å². The zero-order valence-electron chi connectivity index (χ0n) is 13.2. The average molecular weight is 331 g/mol. The van der Waals surface area contributed by atoms with E-state index in [1.54, 1.807) is 31.4 Å². The molecule has 2 N–H and O–H groups in total. The van der Waals surface area contributed by atoms with Gasteiger partial charge in [-0.05, 0) is 35.4 Å². The molecule has 0 bridgehead atoms. The molecule has 0 aliphatic carbocycles. The van der Waals surface area contributed by atoms with E-state index >= 15 is 0 Å². The van der Waals surface area contributed by atoms with Gasteiger partial charge in [0.25, 0.3) is 0 Å². The predicted molar refractivity (Wildman–Crippen MR) is 86.2 cm³/mol. The number of hydrogen-bond acceptors (Lipinski definition) is 3. The van der Waals surface area contributed by atoms with E-state index < -0.39 is 17.8 Å². The van der Waals surface area contributed by atoms with Crippen molar-refractivity contribution in [2.45, 2.75) is 18.9 Å². The molecule has 0 saturated heterocycles. The lowest BCUT2D eigenvalue weighted by Gasteiger charge is -2.17. The molecule has 2 aromatic rings. The molecule has 0 radical (unpaired) electrons. The normalized spacial score (nSPS) is 11.6. The van der Waals surface area contributed by atoms with Crippen LogP contribution in [0.1, 0.15) is 23.6 Å². The Balaban J connectivity index is 2.05. The zero-order valence-corrected chi connectivity index (χ0v) is 13.2. The third-order valence-electron chi connectivity index (χ3n) is 3.51. The lowest BCUT2D eigenvalue weighted by atomic mass is 10.0. The SMILES string of the molecule is COc1ccc(CC(=O)NC(CC(=O)O)c2ccc(F)cc2)cc1. The van der Waals surface area contributed by atoms with Gasteiger partial charge in [-0.1, -0.05) is 24.3 Å². The van der Waals surface area contributed by atoms with Gasteiger partial charge < -0.3 is 15.2 Å². The first-order chi connectivity index (χ1) is 11.5. The van der Waals surface area contributed by atoms with E-state index in [2.05, 4.69) is 5.32 Å². The van der Waals surface area contributed by atoms with Crippen LogP contribution in [-0.2, 0) is 16.0 Å². The Morgan fingerprint density at radius 3 is 2.29 bits per heavy atom. The number of carbonyl (C=O) groups excluding carboxylic acids is 1. The second-order valence-electron chi connectivity index (χ2n) is 5.29. The van der Waals surface area contributed by atoms with Gasteiger partial charge in [-0.15, -0.1) is 0 Å². The van der Waals surface area contributed by atoms with Crippen LogP contribution in [0.25, 0.3) is 0 Å². The Bertz CT molecular complexity index is 698. The van der Waals surface area contributed by atoms with Crippen molar-refractivity contribution >= 4 is 11.9 Å². The molecule has 0 heterocycles. The summed E-state index contributed by atoms with van der Waals surface area (Å²) in [4.78, 5) is 23.2. The van der Waals surface area contributed by atoms with Gasteiger partial charge >= 0.3 is 5.97 Å². The topological polar surface area (TPSA) is 75.6 Å². The minimum atomic E-state index is -1.05. The summed E-state index contributed by atoms with van der Waals surface area (Å²) in [6.45, 7) is 0. The Morgan fingerprint density at radius 1 is 1.12 bits per heavy atom. The van der Waals surface area contributed by atoms with Crippen LogP contribution >= 0.6 is 0 Å². The van der Waals surface area contributed by atoms with Crippen LogP contribution in [0.3, 0.4) is 0 Å². The molecule has 0 fully saturated rings. The minimum absolute atomic E-state index is 0.112. The van der Waals surface area contributed by atoms with Crippen LogP contribution in [0.2, 0.25) is 0 Å². The van der Waals surface area contributed by atoms with Gasteiger partial charge in [-0.3, -0.25) is 9.59 Å². The Kier molecular flexibility index (Phi) is 5.89. The molecule has 2 aromatic carbocycles. The summed E-state index contributed by atoms with van der Waals surface area (Å²) in [5.41, 5.74) is 1.32. The largest absolute Gasteiger partial charge is 0.497 e. The van der Waals surface area contributed by atoms with Crippen LogP contribution < -0.4 is 10.1 Å². The molecule has 0 aromatic heterocycles. The molecule has 1 unspecified atom stereocenters.